The van der Waals surface area contributed by atoms with Crippen molar-refractivity contribution in [3.8, 4) is 22.9 Å². The second-order valence-electron chi connectivity index (χ2n) is 20.7. The van der Waals surface area contributed by atoms with Crippen molar-refractivity contribution < 1.29 is 28.6 Å². The van der Waals surface area contributed by atoms with Gasteiger partial charge in [-0.25, -0.2) is 9.78 Å². The smallest absolute Gasteiger partial charge is 0.343 e. The van der Waals surface area contributed by atoms with Gasteiger partial charge in [-0.2, -0.15) is 0 Å². The van der Waals surface area contributed by atoms with Gasteiger partial charge in [0.1, 0.15) is 18.1 Å². The Morgan fingerprint density at radius 3 is 1.83 bits per heavy atom. The third-order valence-electron chi connectivity index (χ3n) is 14.9. The van der Waals surface area contributed by atoms with E-state index in [0.29, 0.717) is 124 Å². The lowest BCUT2D eigenvalue weighted by atomic mass is 9.90. The van der Waals surface area contributed by atoms with Crippen molar-refractivity contribution in [2.24, 2.45) is 0 Å². The van der Waals surface area contributed by atoms with Gasteiger partial charge < -0.3 is 24.1 Å². The van der Waals surface area contributed by atoms with Crippen LogP contribution in [0.25, 0.3) is 22.3 Å². The Balaban J connectivity index is 0.734. The highest BCUT2D eigenvalue weighted by molar-refractivity contribution is 5.99. The number of pyridine rings is 6. The number of hydrogen-bond donors (Lipinski definition) is 1. The van der Waals surface area contributed by atoms with Crippen molar-refractivity contribution in [3.05, 3.63) is 242 Å². The van der Waals surface area contributed by atoms with E-state index in [0.717, 1.165) is 56.2 Å². The van der Waals surface area contributed by atoms with Crippen LogP contribution in [-0.4, -0.2) is 70.3 Å². The van der Waals surface area contributed by atoms with Crippen LogP contribution in [0.1, 0.15) is 116 Å². The summed E-state index contributed by atoms with van der Waals surface area (Å²) < 4.78 is 19.6. The number of nitrogens with one attached hydrogen (secondary N) is 1. The number of cyclic esters (lactones) is 1. The summed E-state index contributed by atoms with van der Waals surface area (Å²) in [5.41, 5.74) is 11.6. The van der Waals surface area contributed by atoms with Gasteiger partial charge in [-0.1, -0.05) is 50.2 Å². The Bertz CT molecular complexity index is 3620. The molecule has 16 heteroatoms. The lowest BCUT2D eigenvalue weighted by Crippen LogP contribution is -2.32. The van der Waals surface area contributed by atoms with Crippen LogP contribution in [-0.2, 0) is 68.4 Å². The third kappa shape index (κ3) is 12.8. The van der Waals surface area contributed by atoms with Crippen LogP contribution in [0.15, 0.2) is 169 Å². The molecule has 0 spiro atoms. The first kappa shape index (κ1) is 54.7. The monoisotopic (exact) mass is 1090 g/mol. The minimum Gasteiger partial charge on any atom is -0.494 e. The van der Waals surface area contributed by atoms with Crippen LogP contribution in [0.3, 0.4) is 0 Å². The second kappa shape index (κ2) is 25.5. The molecule has 0 saturated carbocycles. The number of ether oxygens (including phenoxy) is 3. The Morgan fingerprint density at radius 1 is 0.646 bits per heavy atom. The van der Waals surface area contributed by atoms with Gasteiger partial charge in [0.15, 0.2) is 0 Å². The molecule has 3 aromatic carbocycles. The van der Waals surface area contributed by atoms with Crippen molar-refractivity contribution in [3.63, 3.8) is 0 Å². The average Bonchev–Trinajstić information content (AvgIpc) is 4.08. The molecule has 0 radical (unpaired) electrons. The summed E-state index contributed by atoms with van der Waals surface area (Å²) in [6.45, 7) is 8.83. The van der Waals surface area contributed by atoms with E-state index in [1.807, 2.05) is 124 Å². The maximum Gasteiger partial charge on any atom is 0.343 e. The number of hydrogen-bond acceptors (Lipinski definition) is 14. The number of rotatable bonds is 23. The van der Waals surface area contributed by atoms with Gasteiger partial charge in [-0.15, -0.1) is 0 Å². The summed E-state index contributed by atoms with van der Waals surface area (Å²) in [5.74, 6) is -0.655. The number of aromatic nitrogens is 6. The van der Waals surface area contributed by atoms with E-state index < -0.39 is 11.9 Å². The molecule has 1 amide bonds. The molecule has 1 unspecified atom stereocenters. The van der Waals surface area contributed by atoms with E-state index in [4.69, 9.17) is 19.2 Å². The van der Waals surface area contributed by atoms with Crippen LogP contribution >= 0.6 is 0 Å². The number of nitrogens with zero attached hydrogens (tertiary/aromatic N) is 8. The predicted molar refractivity (Wildman–Crippen MR) is 311 cm³/mol. The molecule has 0 fully saturated rings. The average molecular weight is 1090 g/mol. The third-order valence-corrected chi connectivity index (χ3v) is 14.9. The van der Waals surface area contributed by atoms with E-state index in [-0.39, 0.29) is 29.6 Å². The SMILES string of the molecule is CCc1c2c(nc3ccc(OC(=O)c4cccc(C(=O)NCCCCOc5cc(CN(Cc6ccccn6)Cc6ccccn6)cc(CN(Cc6ccccn6)Cc6ccccn6)c5)c4)cc13)-c1cc3c(c(=O)n1C2)COC(=O)C3CC. The summed E-state index contributed by atoms with van der Waals surface area (Å²) in [6, 6.07) is 44.1. The minimum absolute atomic E-state index is 0.0400. The molecule has 2 aliphatic heterocycles. The first-order valence-corrected chi connectivity index (χ1v) is 28.0. The lowest BCUT2D eigenvalue weighted by Gasteiger charge is -2.25. The summed E-state index contributed by atoms with van der Waals surface area (Å²) in [5, 5.41) is 3.82. The van der Waals surface area contributed by atoms with E-state index in [9.17, 15) is 19.2 Å². The molecular weight excluding hydrogens is 1030 g/mol. The molecule has 1 N–H and O–H groups in total. The molecule has 0 bridgehead atoms. The number of aryl methyl sites for hydroxylation is 1. The normalized spacial score (nSPS) is 13.4. The summed E-state index contributed by atoms with van der Waals surface area (Å²) in [7, 11) is 0. The van der Waals surface area contributed by atoms with E-state index >= 15 is 0 Å². The van der Waals surface area contributed by atoms with Crippen LogP contribution < -0.4 is 20.3 Å². The largest absolute Gasteiger partial charge is 0.494 e. The molecule has 2 aliphatic rings. The number of esters is 2. The van der Waals surface area contributed by atoms with Crippen molar-refractivity contribution in [2.75, 3.05) is 13.2 Å². The summed E-state index contributed by atoms with van der Waals surface area (Å²) in [6.07, 6.45) is 9.79. The molecular formula is C66H63N9O7. The Kier molecular flexibility index (Phi) is 17.0. The van der Waals surface area contributed by atoms with Crippen LogP contribution in [0, 0.1) is 0 Å². The standard InChI is InChI=1S/C66H63N9O7/c1-3-54-57-34-52(22-23-60(57)72-62-58(54)42-75-61(62)35-56-55(4-2)66(79)81-43-59(56)64(75)77)82-65(78)47-17-15-16-46(33-47)63(76)71-28-13-14-29-80-53-31-44(36-73(38-48-18-5-9-24-67-48)39-49-19-6-10-25-68-49)30-45(32-53)37-74(40-50-20-7-11-26-69-50)41-51-21-8-12-27-70-51/h5-12,15-27,30-35,55H,3-4,13-14,28-29,36-43H2,1-2H3,(H,71,76). The van der Waals surface area contributed by atoms with Crippen LogP contribution in [0.2, 0.25) is 0 Å². The Hall–Kier alpha value is -9.25. The van der Waals surface area contributed by atoms with Gasteiger partial charge in [-0.05, 0) is 151 Å². The molecule has 16 nitrogen and oxygen atoms in total. The molecule has 414 valence electrons. The number of amides is 1. The molecule has 0 aliphatic carbocycles. The van der Waals surface area contributed by atoms with Gasteiger partial charge in [0.25, 0.3) is 11.5 Å². The minimum atomic E-state index is -0.611. The number of carbonyl (C=O) groups is 3. The Morgan fingerprint density at radius 2 is 1.26 bits per heavy atom. The summed E-state index contributed by atoms with van der Waals surface area (Å²) >= 11 is 0. The van der Waals surface area contributed by atoms with E-state index in [1.165, 1.54) is 6.07 Å². The van der Waals surface area contributed by atoms with Crippen molar-refractivity contribution in [2.45, 2.75) is 97.9 Å². The Labute approximate surface area is 475 Å². The van der Waals surface area contributed by atoms with Gasteiger partial charge in [-0.3, -0.25) is 44.1 Å². The van der Waals surface area contributed by atoms with Gasteiger partial charge in [0.05, 0.1) is 69.9 Å². The number of fused-ring (bicyclic) bond motifs is 5. The molecule has 1 atom stereocenters. The molecule has 6 aromatic heterocycles. The number of unbranched alkanes of at least 4 members (excludes halogenated alkanes) is 1. The predicted octanol–water partition coefficient (Wildman–Crippen LogP) is 10.3. The van der Waals surface area contributed by atoms with Crippen LogP contribution in [0.5, 0.6) is 11.5 Å². The van der Waals surface area contributed by atoms with Gasteiger partial charge in [0, 0.05) is 87.1 Å². The second-order valence-corrected chi connectivity index (χ2v) is 20.7. The highest BCUT2D eigenvalue weighted by Crippen LogP contribution is 2.40. The molecule has 8 heterocycles. The van der Waals surface area contributed by atoms with E-state index in [1.54, 1.807) is 34.9 Å². The molecule has 11 rings (SSSR count). The topological polar surface area (TPSA) is 184 Å². The fourth-order valence-electron chi connectivity index (χ4n) is 11.0. The van der Waals surface area contributed by atoms with E-state index in [2.05, 4.69) is 53.3 Å². The van der Waals surface area contributed by atoms with Gasteiger partial charge in [0.2, 0.25) is 0 Å². The fraction of sp³-hybridized carbons (Fsp3) is 0.258. The maximum atomic E-state index is 13.8. The zero-order valence-electron chi connectivity index (χ0n) is 46.0. The highest BCUT2D eigenvalue weighted by atomic mass is 16.5. The summed E-state index contributed by atoms with van der Waals surface area (Å²) in [4.78, 5) is 81.9. The number of benzene rings is 3. The fourth-order valence-corrected chi connectivity index (χ4v) is 11.0. The highest BCUT2D eigenvalue weighted by Gasteiger charge is 2.35. The lowest BCUT2D eigenvalue weighted by molar-refractivity contribution is -0.148. The first-order valence-electron chi connectivity index (χ1n) is 28.0. The molecule has 0 saturated heterocycles. The van der Waals surface area contributed by atoms with Gasteiger partial charge >= 0.3 is 11.9 Å². The zero-order valence-corrected chi connectivity index (χ0v) is 46.0. The molecule has 9 aromatic rings. The first-order chi connectivity index (χ1) is 40.2. The maximum absolute atomic E-state index is 13.8. The quantitative estimate of drug-likeness (QED) is 0.0363. The van der Waals surface area contributed by atoms with Crippen LogP contribution in [0.4, 0.5) is 0 Å². The van der Waals surface area contributed by atoms with Crippen molar-refractivity contribution in [1.29, 1.82) is 0 Å². The molecule has 82 heavy (non-hydrogen) atoms. The van der Waals surface area contributed by atoms with Crippen molar-refractivity contribution in [1.82, 2.24) is 44.6 Å². The number of carbonyl (C=O) groups excluding carboxylic acids is 3. The zero-order chi connectivity index (χ0) is 56.4. The van der Waals surface area contributed by atoms with Crippen molar-refractivity contribution >= 4 is 28.7 Å².